The van der Waals surface area contributed by atoms with Gasteiger partial charge in [-0.3, -0.25) is 9.99 Å². The molecule has 2 aromatic rings. The molecule has 2 heterocycles. The standard InChI is InChI=1S/C12H13F3N6/c13-12(14,15)9-5-10(19-11(18-9)20-16)21-6-17-7-3-1-2-4-8(7)21/h5-6H,1-4,16H2,(H,18,19,20). The van der Waals surface area contributed by atoms with Crippen molar-refractivity contribution in [3.05, 3.63) is 29.5 Å². The number of hydrazine groups is 1. The number of aromatic nitrogens is 4. The van der Waals surface area contributed by atoms with Gasteiger partial charge in [-0.05, 0) is 25.7 Å². The summed E-state index contributed by atoms with van der Waals surface area (Å²) in [6.07, 6.45) is 0.561. The Hall–Kier alpha value is -2.16. The molecule has 3 rings (SSSR count). The number of hydrogen-bond donors (Lipinski definition) is 2. The lowest BCUT2D eigenvalue weighted by Crippen LogP contribution is -2.17. The van der Waals surface area contributed by atoms with E-state index in [1.165, 1.54) is 6.33 Å². The van der Waals surface area contributed by atoms with Gasteiger partial charge in [-0.25, -0.2) is 15.8 Å². The molecule has 2 aromatic heterocycles. The Kier molecular flexibility index (Phi) is 3.28. The summed E-state index contributed by atoms with van der Waals surface area (Å²) in [6.45, 7) is 0. The predicted octanol–water partition coefficient (Wildman–Crippen LogP) is 1.85. The molecule has 0 bridgehead atoms. The normalized spacial score (nSPS) is 14.9. The largest absolute Gasteiger partial charge is 0.433 e. The van der Waals surface area contributed by atoms with E-state index in [1.807, 2.05) is 0 Å². The molecule has 112 valence electrons. The van der Waals surface area contributed by atoms with Crippen LogP contribution in [-0.2, 0) is 19.0 Å². The maximum Gasteiger partial charge on any atom is 0.433 e. The van der Waals surface area contributed by atoms with Crippen molar-refractivity contribution < 1.29 is 13.2 Å². The molecule has 1 aliphatic rings. The van der Waals surface area contributed by atoms with E-state index in [1.54, 1.807) is 4.57 Å². The van der Waals surface area contributed by atoms with Crippen LogP contribution in [0.15, 0.2) is 12.4 Å². The molecular formula is C12H13F3N6. The van der Waals surface area contributed by atoms with Gasteiger partial charge in [0.2, 0.25) is 5.95 Å². The molecule has 0 fully saturated rings. The second kappa shape index (κ2) is 4.99. The van der Waals surface area contributed by atoms with Gasteiger partial charge in [-0.2, -0.15) is 18.2 Å². The molecule has 6 nitrogen and oxygen atoms in total. The Labute approximate surface area is 118 Å². The van der Waals surface area contributed by atoms with E-state index in [0.29, 0.717) is 0 Å². The molecule has 0 aromatic carbocycles. The molecule has 0 unspecified atom stereocenters. The number of alkyl halides is 3. The lowest BCUT2D eigenvalue weighted by Gasteiger charge is -2.15. The fourth-order valence-electron chi connectivity index (χ4n) is 2.43. The minimum atomic E-state index is -4.57. The van der Waals surface area contributed by atoms with Crippen LogP contribution in [0.25, 0.3) is 5.82 Å². The van der Waals surface area contributed by atoms with Crippen molar-refractivity contribution in [2.45, 2.75) is 31.9 Å². The average Bonchev–Trinajstić information content (AvgIpc) is 2.89. The van der Waals surface area contributed by atoms with E-state index in [4.69, 9.17) is 5.84 Å². The van der Waals surface area contributed by atoms with Crippen molar-refractivity contribution in [2.24, 2.45) is 5.84 Å². The number of nitrogens with one attached hydrogen (secondary N) is 1. The van der Waals surface area contributed by atoms with Crippen molar-refractivity contribution in [2.75, 3.05) is 5.43 Å². The van der Waals surface area contributed by atoms with Gasteiger partial charge in [-0.1, -0.05) is 0 Å². The number of hydrogen-bond acceptors (Lipinski definition) is 5. The molecule has 1 aliphatic carbocycles. The highest BCUT2D eigenvalue weighted by molar-refractivity contribution is 5.38. The fourth-order valence-corrected chi connectivity index (χ4v) is 2.43. The molecule has 0 spiro atoms. The maximum absolute atomic E-state index is 12.9. The van der Waals surface area contributed by atoms with Crippen LogP contribution < -0.4 is 11.3 Å². The number of nitrogens with two attached hydrogens (primary N) is 1. The maximum atomic E-state index is 12.9. The van der Waals surface area contributed by atoms with E-state index in [9.17, 15) is 13.2 Å². The quantitative estimate of drug-likeness (QED) is 0.653. The van der Waals surface area contributed by atoms with E-state index >= 15 is 0 Å². The van der Waals surface area contributed by atoms with Crippen molar-refractivity contribution in [1.29, 1.82) is 0 Å². The topological polar surface area (TPSA) is 81.6 Å². The van der Waals surface area contributed by atoms with Gasteiger partial charge in [-0.15, -0.1) is 0 Å². The van der Waals surface area contributed by atoms with E-state index < -0.39 is 11.9 Å². The highest BCUT2D eigenvalue weighted by atomic mass is 19.4. The SMILES string of the molecule is NNc1nc(-n2cnc3c2CCCC3)cc(C(F)(F)F)n1. The van der Waals surface area contributed by atoms with Gasteiger partial charge in [0, 0.05) is 11.8 Å². The molecule has 0 aliphatic heterocycles. The van der Waals surface area contributed by atoms with Gasteiger partial charge in [0.05, 0.1) is 5.69 Å². The fraction of sp³-hybridized carbons (Fsp3) is 0.417. The summed E-state index contributed by atoms with van der Waals surface area (Å²) >= 11 is 0. The Morgan fingerprint density at radius 1 is 1.19 bits per heavy atom. The van der Waals surface area contributed by atoms with Crippen molar-refractivity contribution in [3.8, 4) is 5.82 Å². The minimum Gasteiger partial charge on any atom is -0.292 e. The Morgan fingerprint density at radius 3 is 2.67 bits per heavy atom. The first kappa shape index (κ1) is 13.8. The first-order chi connectivity index (χ1) is 9.99. The molecule has 0 atom stereocenters. The summed E-state index contributed by atoms with van der Waals surface area (Å²) < 4.78 is 40.2. The van der Waals surface area contributed by atoms with Crippen molar-refractivity contribution >= 4 is 5.95 Å². The van der Waals surface area contributed by atoms with Crippen LogP contribution in [0, 0.1) is 0 Å². The highest BCUT2D eigenvalue weighted by Gasteiger charge is 2.34. The van der Waals surface area contributed by atoms with Crippen molar-refractivity contribution in [3.63, 3.8) is 0 Å². The number of halogens is 3. The van der Waals surface area contributed by atoms with E-state index in [2.05, 4.69) is 20.4 Å². The van der Waals surface area contributed by atoms with E-state index in [0.717, 1.165) is 43.1 Å². The lowest BCUT2D eigenvalue weighted by atomic mass is 10.0. The van der Waals surface area contributed by atoms with E-state index in [-0.39, 0.29) is 11.8 Å². The third-order valence-corrected chi connectivity index (χ3v) is 3.41. The predicted molar refractivity (Wildman–Crippen MR) is 68.6 cm³/mol. The lowest BCUT2D eigenvalue weighted by molar-refractivity contribution is -0.141. The Bertz CT molecular complexity index is 663. The number of anilines is 1. The summed E-state index contributed by atoms with van der Waals surface area (Å²) in [5.74, 6) is 4.99. The zero-order valence-electron chi connectivity index (χ0n) is 11.0. The average molecular weight is 298 g/mol. The van der Waals surface area contributed by atoms with Crippen LogP contribution in [-0.4, -0.2) is 19.5 Å². The van der Waals surface area contributed by atoms with Crippen LogP contribution in [0.3, 0.4) is 0 Å². The molecule has 21 heavy (non-hydrogen) atoms. The van der Waals surface area contributed by atoms with Crippen LogP contribution >= 0.6 is 0 Å². The molecule has 0 amide bonds. The minimum absolute atomic E-state index is 0.112. The molecule has 0 radical (unpaired) electrons. The number of imidazole rings is 1. The zero-order valence-corrected chi connectivity index (χ0v) is 11.0. The van der Waals surface area contributed by atoms with Gasteiger partial charge in [0.15, 0.2) is 5.69 Å². The number of aryl methyl sites for hydroxylation is 1. The monoisotopic (exact) mass is 298 g/mol. The zero-order chi connectivity index (χ0) is 15.0. The summed E-state index contributed by atoms with van der Waals surface area (Å²) in [5, 5.41) is 0. The van der Waals surface area contributed by atoms with Crippen LogP contribution in [0.2, 0.25) is 0 Å². The molecule has 0 saturated heterocycles. The molecule has 3 N–H and O–H groups in total. The van der Waals surface area contributed by atoms with Gasteiger partial charge < -0.3 is 0 Å². The number of fused-ring (bicyclic) bond motifs is 1. The summed E-state index contributed by atoms with van der Waals surface area (Å²) in [6, 6.07) is 0.900. The van der Waals surface area contributed by atoms with Crippen LogP contribution in [0.1, 0.15) is 29.9 Å². The Morgan fingerprint density at radius 2 is 1.95 bits per heavy atom. The second-order valence-corrected chi connectivity index (χ2v) is 4.79. The molecule has 0 saturated carbocycles. The number of nitrogens with zero attached hydrogens (tertiary/aromatic N) is 4. The third kappa shape index (κ3) is 2.56. The van der Waals surface area contributed by atoms with Gasteiger partial charge in [0.1, 0.15) is 12.1 Å². The first-order valence-electron chi connectivity index (χ1n) is 6.47. The number of nitrogen functional groups attached to an aromatic ring is 1. The summed E-state index contributed by atoms with van der Waals surface area (Å²) in [7, 11) is 0. The number of rotatable bonds is 2. The van der Waals surface area contributed by atoms with Gasteiger partial charge >= 0.3 is 6.18 Å². The second-order valence-electron chi connectivity index (χ2n) is 4.79. The summed E-state index contributed by atoms with van der Waals surface area (Å²) in [4.78, 5) is 11.6. The first-order valence-corrected chi connectivity index (χ1v) is 6.47. The van der Waals surface area contributed by atoms with Gasteiger partial charge in [0.25, 0.3) is 0 Å². The molecular weight excluding hydrogens is 285 g/mol. The van der Waals surface area contributed by atoms with Crippen molar-refractivity contribution in [1.82, 2.24) is 19.5 Å². The third-order valence-electron chi connectivity index (χ3n) is 3.41. The summed E-state index contributed by atoms with van der Waals surface area (Å²) in [5.41, 5.74) is 2.83. The highest BCUT2D eigenvalue weighted by Crippen LogP contribution is 2.30. The van der Waals surface area contributed by atoms with Crippen LogP contribution in [0.4, 0.5) is 19.1 Å². The van der Waals surface area contributed by atoms with Crippen LogP contribution in [0.5, 0.6) is 0 Å². The Balaban J connectivity index is 2.12. The smallest absolute Gasteiger partial charge is 0.292 e. The molecule has 9 heteroatoms.